The van der Waals surface area contributed by atoms with E-state index < -0.39 is 21.4 Å². The summed E-state index contributed by atoms with van der Waals surface area (Å²) in [7, 11) is -3.67. The molecule has 1 aromatic rings. The van der Waals surface area contributed by atoms with Crippen LogP contribution in [0.3, 0.4) is 0 Å². The van der Waals surface area contributed by atoms with Crippen molar-refractivity contribution in [1.29, 1.82) is 0 Å². The Morgan fingerprint density at radius 2 is 1.90 bits per heavy atom. The van der Waals surface area contributed by atoms with E-state index >= 15 is 0 Å². The van der Waals surface area contributed by atoms with Crippen molar-refractivity contribution in [2.24, 2.45) is 17.1 Å². The molecule has 0 aromatic heterocycles. The highest BCUT2D eigenvalue weighted by molar-refractivity contribution is 7.89. The van der Waals surface area contributed by atoms with Gasteiger partial charge in [0.1, 0.15) is 5.82 Å². The Kier molecular flexibility index (Phi) is 4.17. The average Bonchev–Trinajstić information content (AvgIpc) is 2.61. The van der Waals surface area contributed by atoms with Gasteiger partial charge < -0.3 is 5.73 Å². The SMILES string of the molecule is C[C@@H]1CC[C@@](N)(CNS(=O)(=O)c2ccc(F)cc2)C1(C)C. The summed E-state index contributed by atoms with van der Waals surface area (Å²) in [5.74, 6) is -0.0205. The standard InChI is InChI=1S/C15H23FN2O2S/c1-11-8-9-15(17,14(11,2)3)10-18-21(19,20)13-6-4-12(16)5-7-13/h4-7,11,18H,8-10,17H2,1-3H3/t11-,15-/m1/s1. The Balaban J connectivity index is 2.14. The smallest absolute Gasteiger partial charge is 0.240 e. The summed E-state index contributed by atoms with van der Waals surface area (Å²) in [6.45, 7) is 6.49. The number of sulfonamides is 1. The van der Waals surface area contributed by atoms with Gasteiger partial charge in [-0.3, -0.25) is 0 Å². The van der Waals surface area contributed by atoms with Gasteiger partial charge in [-0.05, 0) is 48.4 Å². The highest BCUT2D eigenvalue weighted by Crippen LogP contribution is 2.48. The number of hydrogen-bond acceptors (Lipinski definition) is 3. The fourth-order valence-corrected chi connectivity index (χ4v) is 3.99. The second-order valence-electron chi connectivity index (χ2n) is 6.60. The number of nitrogens with two attached hydrogens (primary N) is 1. The largest absolute Gasteiger partial charge is 0.324 e. The van der Waals surface area contributed by atoms with Crippen LogP contribution in [0, 0.1) is 17.2 Å². The van der Waals surface area contributed by atoms with Crippen molar-refractivity contribution in [2.75, 3.05) is 6.54 Å². The molecule has 0 heterocycles. The first-order valence-electron chi connectivity index (χ1n) is 7.13. The van der Waals surface area contributed by atoms with Crippen LogP contribution in [0.1, 0.15) is 33.6 Å². The predicted octanol–water partition coefficient (Wildman–Crippen LogP) is 2.26. The third kappa shape index (κ3) is 2.98. The van der Waals surface area contributed by atoms with Crippen LogP contribution < -0.4 is 10.5 Å². The van der Waals surface area contributed by atoms with Gasteiger partial charge in [-0.25, -0.2) is 17.5 Å². The fourth-order valence-electron chi connectivity index (χ4n) is 2.88. The minimum Gasteiger partial charge on any atom is -0.324 e. The average molecular weight is 314 g/mol. The Labute approximate surface area is 126 Å². The third-order valence-corrected chi connectivity index (χ3v) is 6.66. The highest BCUT2D eigenvalue weighted by Gasteiger charge is 2.50. The van der Waals surface area contributed by atoms with Crippen LogP contribution in [0.2, 0.25) is 0 Å². The van der Waals surface area contributed by atoms with E-state index in [1.807, 2.05) is 0 Å². The van der Waals surface area contributed by atoms with Gasteiger partial charge >= 0.3 is 0 Å². The van der Waals surface area contributed by atoms with Gasteiger partial charge in [-0.1, -0.05) is 20.8 Å². The molecule has 0 unspecified atom stereocenters. The summed E-state index contributed by atoms with van der Waals surface area (Å²) >= 11 is 0. The van der Waals surface area contributed by atoms with Crippen molar-refractivity contribution in [3.63, 3.8) is 0 Å². The Bertz CT molecular complexity index is 613. The molecule has 4 nitrogen and oxygen atoms in total. The molecule has 6 heteroatoms. The molecule has 21 heavy (non-hydrogen) atoms. The summed E-state index contributed by atoms with van der Waals surface area (Å²) < 4.78 is 39.9. The van der Waals surface area contributed by atoms with E-state index in [4.69, 9.17) is 5.73 Å². The van der Waals surface area contributed by atoms with Gasteiger partial charge in [0.05, 0.1) is 4.90 Å². The lowest BCUT2D eigenvalue weighted by atomic mass is 9.71. The van der Waals surface area contributed by atoms with Crippen LogP contribution in [0.5, 0.6) is 0 Å². The predicted molar refractivity (Wildman–Crippen MR) is 80.7 cm³/mol. The third-order valence-electron chi connectivity index (χ3n) is 5.24. The zero-order chi connectivity index (χ0) is 15.9. The molecule has 2 rings (SSSR count). The van der Waals surface area contributed by atoms with Crippen molar-refractivity contribution in [1.82, 2.24) is 4.72 Å². The van der Waals surface area contributed by atoms with Gasteiger partial charge in [0.2, 0.25) is 10.0 Å². The number of hydrogen-bond donors (Lipinski definition) is 2. The second kappa shape index (κ2) is 5.34. The zero-order valence-electron chi connectivity index (χ0n) is 12.7. The van der Waals surface area contributed by atoms with E-state index in [0.717, 1.165) is 25.0 Å². The maximum atomic E-state index is 12.9. The molecular weight excluding hydrogens is 291 g/mol. The van der Waals surface area contributed by atoms with E-state index in [0.29, 0.717) is 5.92 Å². The van der Waals surface area contributed by atoms with Crippen molar-refractivity contribution in [3.05, 3.63) is 30.1 Å². The van der Waals surface area contributed by atoms with Gasteiger partial charge in [-0.2, -0.15) is 0 Å². The van der Waals surface area contributed by atoms with E-state index in [-0.39, 0.29) is 16.9 Å². The topological polar surface area (TPSA) is 72.2 Å². The van der Waals surface area contributed by atoms with Crippen molar-refractivity contribution in [3.8, 4) is 0 Å². The fraction of sp³-hybridized carbons (Fsp3) is 0.600. The number of halogens is 1. The lowest BCUT2D eigenvalue weighted by molar-refractivity contribution is 0.162. The van der Waals surface area contributed by atoms with E-state index in [2.05, 4.69) is 25.5 Å². The molecule has 1 aliphatic rings. The molecule has 1 fully saturated rings. The molecule has 1 aliphatic carbocycles. The number of benzene rings is 1. The van der Waals surface area contributed by atoms with Crippen LogP contribution in [0.25, 0.3) is 0 Å². The monoisotopic (exact) mass is 314 g/mol. The minimum absolute atomic E-state index is 0.0522. The Hall–Kier alpha value is -0.980. The van der Waals surface area contributed by atoms with Crippen LogP contribution in [0.4, 0.5) is 4.39 Å². The molecule has 1 aromatic carbocycles. The molecule has 2 atom stereocenters. The second-order valence-corrected chi connectivity index (χ2v) is 8.36. The van der Waals surface area contributed by atoms with E-state index in [1.54, 1.807) is 0 Å². The molecule has 1 saturated carbocycles. The summed E-state index contributed by atoms with van der Waals surface area (Å²) in [6, 6.07) is 4.77. The molecule has 0 spiro atoms. The lowest BCUT2D eigenvalue weighted by Gasteiger charge is -2.40. The Morgan fingerprint density at radius 1 is 1.33 bits per heavy atom. The maximum Gasteiger partial charge on any atom is 0.240 e. The first-order valence-corrected chi connectivity index (χ1v) is 8.61. The van der Waals surface area contributed by atoms with Crippen molar-refractivity contribution >= 4 is 10.0 Å². The summed E-state index contributed by atoms with van der Waals surface area (Å²) in [4.78, 5) is 0.0522. The highest BCUT2D eigenvalue weighted by atomic mass is 32.2. The van der Waals surface area contributed by atoms with Crippen molar-refractivity contribution in [2.45, 2.75) is 44.0 Å². The Morgan fingerprint density at radius 3 is 2.38 bits per heavy atom. The van der Waals surface area contributed by atoms with E-state index in [1.165, 1.54) is 12.1 Å². The first kappa shape index (κ1) is 16.4. The minimum atomic E-state index is -3.67. The first-order chi connectivity index (χ1) is 9.58. The molecule has 3 N–H and O–H groups in total. The van der Waals surface area contributed by atoms with Crippen LogP contribution >= 0.6 is 0 Å². The maximum absolute atomic E-state index is 12.9. The van der Waals surface area contributed by atoms with Gasteiger partial charge in [0, 0.05) is 12.1 Å². The van der Waals surface area contributed by atoms with Gasteiger partial charge in [-0.15, -0.1) is 0 Å². The molecular formula is C15H23FN2O2S. The van der Waals surface area contributed by atoms with Crippen molar-refractivity contribution < 1.29 is 12.8 Å². The van der Waals surface area contributed by atoms with Crippen LogP contribution in [-0.2, 0) is 10.0 Å². The molecule has 0 saturated heterocycles. The summed E-state index contributed by atoms with van der Waals surface area (Å²) in [5.41, 5.74) is 5.74. The number of nitrogens with one attached hydrogen (secondary N) is 1. The molecule has 0 bridgehead atoms. The molecule has 118 valence electrons. The van der Waals surface area contributed by atoms with E-state index in [9.17, 15) is 12.8 Å². The molecule has 0 aliphatic heterocycles. The van der Waals surface area contributed by atoms with Crippen LogP contribution in [-0.4, -0.2) is 20.5 Å². The normalized spacial score (nSPS) is 28.7. The van der Waals surface area contributed by atoms with Gasteiger partial charge in [0.25, 0.3) is 0 Å². The number of rotatable bonds is 4. The quantitative estimate of drug-likeness (QED) is 0.895. The van der Waals surface area contributed by atoms with Crippen LogP contribution in [0.15, 0.2) is 29.2 Å². The lowest BCUT2D eigenvalue weighted by Crippen LogP contribution is -2.57. The molecule has 0 radical (unpaired) electrons. The summed E-state index contributed by atoms with van der Waals surface area (Å²) in [5, 5.41) is 0. The zero-order valence-corrected chi connectivity index (χ0v) is 13.5. The summed E-state index contributed by atoms with van der Waals surface area (Å²) in [6.07, 6.45) is 1.77. The van der Waals surface area contributed by atoms with Gasteiger partial charge in [0.15, 0.2) is 0 Å². The molecule has 0 amide bonds.